The zero-order valence-corrected chi connectivity index (χ0v) is 20.2. The van der Waals surface area contributed by atoms with Gasteiger partial charge in [0.15, 0.2) is 5.96 Å². The van der Waals surface area contributed by atoms with E-state index in [4.69, 9.17) is 22.9 Å². The predicted octanol–water partition coefficient (Wildman–Crippen LogP) is -2.67. The van der Waals surface area contributed by atoms with Gasteiger partial charge in [0.1, 0.15) is 18.1 Å². The highest BCUT2D eigenvalue weighted by molar-refractivity contribution is 5.96. The van der Waals surface area contributed by atoms with Gasteiger partial charge in [0, 0.05) is 13.1 Å². The average Bonchev–Trinajstić information content (AvgIpc) is 3.28. The van der Waals surface area contributed by atoms with Crippen LogP contribution < -0.4 is 33.6 Å². The molecule has 0 aromatic carbocycles. The molecule has 0 spiro atoms. The molecule has 0 saturated carbocycles. The highest BCUT2D eigenvalue weighted by Gasteiger charge is 2.38. The van der Waals surface area contributed by atoms with Crippen molar-refractivity contribution in [2.24, 2.45) is 33.8 Å². The molecule has 1 saturated heterocycles. The average molecular weight is 499 g/mol. The SMILES string of the molecule is CCC(C)C(N)C(=O)NC(CC(N)=O)C(=O)NC(CCCN=C(N)N)C(=O)N1CCCC1C(=O)O. The van der Waals surface area contributed by atoms with E-state index in [1.54, 1.807) is 6.92 Å². The molecule has 0 aromatic heterocycles. The third-order valence-corrected chi connectivity index (χ3v) is 5.98. The zero-order valence-electron chi connectivity index (χ0n) is 20.2. The fourth-order valence-electron chi connectivity index (χ4n) is 3.71. The first kappa shape index (κ1) is 29.6. The molecule has 35 heavy (non-hydrogen) atoms. The highest BCUT2D eigenvalue weighted by atomic mass is 16.4. The van der Waals surface area contributed by atoms with Gasteiger partial charge in [-0.05, 0) is 31.6 Å². The number of likely N-dealkylation sites (tertiary alicyclic amines) is 1. The first-order chi connectivity index (χ1) is 16.4. The van der Waals surface area contributed by atoms with E-state index < -0.39 is 60.2 Å². The van der Waals surface area contributed by atoms with Gasteiger partial charge in [-0.15, -0.1) is 0 Å². The quantitative estimate of drug-likeness (QED) is 0.0748. The minimum absolute atomic E-state index is 0.0911. The van der Waals surface area contributed by atoms with Crippen molar-refractivity contribution in [1.82, 2.24) is 15.5 Å². The second-order valence-corrected chi connectivity index (χ2v) is 8.68. The number of carboxylic acid groups (broad SMARTS) is 1. The minimum atomic E-state index is -1.36. The molecule has 198 valence electrons. The van der Waals surface area contributed by atoms with Crippen LogP contribution in [0.1, 0.15) is 52.4 Å². The Balaban J connectivity index is 3.06. The standard InChI is InChI=1S/C21H38N8O6/c1-3-11(2)16(23)18(32)28-13(10-15(22)30)17(31)27-12(6-4-8-26-21(24)25)19(33)29-9-5-7-14(29)20(34)35/h11-14,16H,3-10,23H2,1-2H3,(H2,22,30)(H,27,31)(H,28,32)(H,34,35)(H4,24,25,26). The number of aliphatic carboxylic acids is 1. The van der Waals surface area contributed by atoms with Crippen molar-refractivity contribution in [2.75, 3.05) is 13.1 Å². The third kappa shape index (κ3) is 9.39. The normalized spacial score (nSPS) is 18.6. The number of hydrogen-bond donors (Lipinski definition) is 7. The van der Waals surface area contributed by atoms with E-state index in [9.17, 15) is 29.1 Å². The lowest BCUT2D eigenvalue weighted by Gasteiger charge is -2.29. The topological polar surface area (TPSA) is 249 Å². The van der Waals surface area contributed by atoms with Crippen LogP contribution in [0.15, 0.2) is 4.99 Å². The van der Waals surface area contributed by atoms with Gasteiger partial charge >= 0.3 is 5.97 Å². The Morgan fingerprint density at radius 1 is 1.09 bits per heavy atom. The molecule has 0 radical (unpaired) electrons. The summed E-state index contributed by atoms with van der Waals surface area (Å²) in [6.45, 7) is 4.02. The van der Waals surface area contributed by atoms with Gasteiger partial charge in [-0.3, -0.25) is 24.2 Å². The van der Waals surface area contributed by atoms with Crippen LogP contribution in [0.5, 0.6) is 0 Å². The van der Waals surface area contributed by atoms with Crippen LogP contribution >= 0.6 is 0 Å². The maximum atomic E-state index is 13.2. The highest BCUT2D eigenvalue weighted by Crippen LogP contribution is 2.20. The van der Waals surface area contributed by atoms with Crippen LogP contribution in [0.3, 0.4) is 0 Å². The Morgan fingerprint density at radius 2 is 1.71 bits per heavy atom. The lowest BCUT2D eigenvalue weighted by Crippen LogP contribution is -2.58. The molecule has 1 aliphatic heterocycles. The number of hydrogen-bond acceptors (Lipinski definition) is 7. The molecule has 1 rings (SSSR count). The molecule has 5 atom stereocenters. The number of carboxylic acids is 1. The van der Waals surface area contributed by atoms with Crippen molar-refractivity contribution in [1.29, 1.82) is 0 Å². The van der Waals surface area contributed by atoms with E-state index in [-0.39, 0.29) is 31.4 Å². The number of nitrogens with zero attached hydrogens (tertiary/aromatic N) is 2. The van der Waals surface area contributed by atoms with Gasteiger partial charge in [0.2, 0.25) is 23.6 Å². The summed E-state index contributed by atoms with van der Waals surface area (Å²) in [4.78, 5) is 66.9. The maximum absolute atomic E-state index is 13.2. The number of nitrogens with one attached hydrogen (secondary N) is 2. The minimum Gasteiger partial charge on any atom is -0.480 e. The molecule has 14 heteroatoms. The zero-order chi connectivity index (χ0) is 26.7. The number of rotatable bonds is 14. The van der Waals surface area contributed by atoms with Crippen molar-refractivity contribution < 1.29 is 29.1 Å². The van der Waals surface area contributed by atoms with Crippen molar-refractivity contribution in [3.63, 3.8) is 0 Å². The van der Waals surface area contributed by atoms with Gasteiger partial charge in [-0.2, -0.15) is 0 Å². The van der Waals surface area contributed by atoms with Gasteiger partial charge in [0.25, 0.3) is 0 Å². The lowest BCUT2D eigenvalue weighted by molar-refractivity contribution is -0.149. The van der Waals surface area contributed by atoms with E-state index in [1.165, 1.54) is 4.90 Å². The third-order valence-electron chi connectivity index (χ3n) is 5.98. The smallest absolute Gasteiger partial charge is 0.326 e. The molecular weight excluding hydrogens is 460 g/mol. The second kappa shape index (κ2) is 14.1. The van der Waals surface area contributed by atoms with E-state index in [0.717, 1.165) is 0 Å². The number of carbonyl (C=O) groups excluding carboxylic acids is 4. The number of amides is 4. The van der Waals surface area contributed by atoms with Crippen LogP contribution in [-0.2, 0) is 24.0 Å². The van der Waals surface area contributed by atoms with E-state index in [1.807, 2.05) is 6.92 Å². The van der Waals surface area contributed by atoms with E-state index in [0.29, 0.717) is 25.7 Å². The number of aliphatic imine (C=N–C) groups is 1. The molecule has 1 heterocycles. The fourth-order valence-corrected chi connectivity index (χ4v) is 3.71. The summed E-state index contributed by atoms with van der Waals surface area (Å²) in [5.74, 6) is -4.34. The van der Waals surface area contributed by atoms with E-state index in [2.05, 4.69) is 15.6 Å². The Bertz CT molecular complexity index is 816. The van der Waals surface area contributed by atoms with E-state index >= 15 is 0 Å². The number of primary amides is 1. The maximum Gasteiger partial charge on any atom is 0.326 e. The molecule has 1 fully saturated rings. The summed E-state index contributed by atoms with van der Waals surface area (Å²) in [7, 11) is 0. The number of nitrogens with two attached hydrogens (primary N) is 4. The summed E-state index contributed by atoms with van der Waals surface area (Å²) in [5, 5.41) is 14.4. The molecule has 5 unspecified atom stereocenters. The largest absolute Gasteiger partial charge is 0.480 e. The van der Waals surface area contributed by atoms with Crippen LogP contribution in [0.25, 0.3) is 0 Å². The molecule has 0 aromatic rings. The Morgan fingerprint density at radius 3 is 2.26 bits per heavy atom. The molecular formula is C21H38N8O6. The summed E-state index contributed by atoms with van der Waals surface area (Å²) in [6, 6.07) is -4.42. The number of guanidine groups is 1. The van der Waals surface area contributed by atoms with Crippen LogP contribution in [0, 0.1) is 5.92 Å². The Hall–Kier alpha value is -3.42. The van der Waals surface area contributed by atoms with Gasteiger partial charge < -0.3 is 43.6 Å². The molecule has 11 N–H and O–H groups in total. The number of carbonyl (C=O) groups is 5. The van der Waals surface area contributed by atoms with Crippen molar-refractivity contribution in [3.05, 3.63) is 0 Å². The molecule has 0 aliphatic carbocycles. The monoisotopic (exact) mass is 498 g/mol. The van der Waals surface area contributed by atoms with Crippen molar-refractivity contribution in [3.8, 4) is 0 Å². The second-order valence-electron chi connectivity index (χ2n) is 8.68. The Labute approximate surface area is 204 Å². The first-order valence-corrected chi connectivity index (χ1v) is 11.6. The van der Waals surface area contributed by atoms with Gasteiger partial charge in [-0.1, -0.05) is 20.3 Å². The van der Waals surface area contributed by atoms with Gasteiger partial charge in [-0.25, -0.2) is 4.79 Å². The molecule has 14 nitrogen and oxygen atoms in total. The molecule has 4 amide bonds. The Kier molecular flexibility index (Phi) is 11.9. The summed E-state index contributed by atoms with van der Waals surface area (Å²) < 4.78 is 0. The van der Waals surface area contributed by atoms with Crippen molar-refractivity contribution in [2.45, 2.75) is 76.5 Å². The van der Waals surface area contributed by atoms with Crippen LogP contribution in [-0.4, -0.2) is 82.8 Å². The first-order valence-electron chi connectivity index (χ1n) is 11.6. The predicted molar refractivity (Wildman–Crippen MR) is 127 cm³/mol. The summed E-state index contributed by atoms with van der Waals surface area (Å²) in [6.07, 6.45) is 1.30. The molecule has 0 bridgehead atoms. The van der Waals surface area contributed by atoms with Gasteiger partial charge in [0.05, 0.1) is 12.5 Å². The van der Waals surface area contributed by atoms with Crippen LogP contribution in [0.4, 0.5) is 0 Å². The summed E-state index contributed by atoms with van der Waals surface area (Å²) >= 11 is 0. The van der Waals surface area contributed by atoms with Crippen molar-refractivity contribution >= 4 is 35.6 Å². The lowest BCUT2D eigenvalue weighted by atomic mass is 9.99. The molecule has 1 aliphatic rings. The fraction of sp³-hybridized carbons (Fsp3) is 0.714. The summed E-state index contributed by atoms with van der Waals surface area (Å²) in [5.41, 5.74) is 21.8. The van der Waals surface area contributed by atoms with Crippen LogP contribution in [0.2, 0.25) is 0 Å².